The number of rotatable bonds is 4. The average molecular weight is 280 g/mol. The van der Waals surface area contributed by atoms with Crippen molar-refractivity contribution in [1.82, 2.24) is 4.90 Å². The Bertz CT molecular complexity index is 474. The Labute approximate surface area is 127 Å². The van der Waals surface area contributed by atoms with Crippen molar-refractivity contribution >= 4 is 5.69 Å². The Morgan fingerprint density at radius 3 is 2.33 bits per heavy atom. The first-order valence-corrected chi connectivity index (χ1v) is 7.98. The molecule has 3 rings (SSSR count). The molecule has 2 nitrogen and oxygen atoms in total. The average Bonchev–Trinajstić information content (AvgIpc) is 2.75. The molecule has 0 bridgehead atoms. The van der Waals surface area contributed by atoms with Gasteiger partial charge in [0.05, 0.1) is 0 Å². The van der Waals surface area contributed by atoms with E-state index in [0.29, 0.717) is 6.04 Å². The van der Waals surface area contributed by atoms with Crippen molar-refractivity contribution in [3.8, 4) is 0 Å². The van der Waals surface area contributed by atoms with Gasteiger partial charge in [-0.15, -0.1) is 0 Å². The fourth-order valence-corrected chi connectivity index (χ4v) is 3.07. The van der Waals surface area contributed by atoms with Gasteiger partial charge in [0, 0.05) is 24.8 Å². The maximum Gasteiger partial charge on any atom is 0.0342 e. The summed E-state index contributed by atoms with van der Waals surface area (Å²) in [5, 5.41) is 3.68. The summed E-state index contributed by atoms with van der Waals surface area (Å²) in [5.41, 5.74) is 2.67. The lowest BCUT2D eigenvalue weighted by atomic mass is 10.1. The molecule has 0 saturated carbocycles. The topological polar surface area (TPSA) is 15.3 Å². The van der Waals surface area contributed by atoms with Crippen LogP contribution in [0, 0.1) is 0 Å². The van der Waals surface area contributed by atoms with Crippen molar-refractivity contribution in [2.24, 2.45) is 0 Å². The predicted octanol–water partition coefficient (Wildman–Crippen LogP) is 4.15. The second-order valence-electron chi connectivity index (χ2n) is 5.90. The SMILES string of the molecule is c1ccc(CN2CCC[C@H](Nc3ccccc3)CC2)cc1. The van der Waals surface area contributed by atoms with Gasteiger partial charge in [0.1, 0.15) is 0 Å². The first-order valence-electron chi connectivity index (χ1n) is 7.98. The fourth-order valence-electron chi connectivity index (χ4n) is 3.07. The lowest BCUT2D eigenvalue weighted by Crippen LogP contribution is -2.26. The quantitative estimate of drug-likeness (QED) is 0.905. The molecule has 0 aliphatic carbocycles. The molecule has 2 aromatic rings. The van der Waals surface area contributed by atoms with Crippen LogP contribution in [0.5, 0.6) is 0 Å². The van der Waals surface area contributed by atoms with Crippen LogP contribution in [0.4, 0.5) is 5.69 Å². The molecule has 1 heterocycles. The summed E-state index contributed by atoms with van der Waals surface area (Å²) in [4.78, 5) is 2.59. The molecule has 0 amide bonds. The molecule has 1 saturated heterocycles. The summed E-state index contributed by atoms with van der Waals surface area (Å²) in [6.45, 7) is 3.47. The third-order valence-electron chi connectivity index (χ3n) is 4.21. The van der Waals surface area contributed by atoms with E-state index in [1.165, 1.54) is 43.6 Å². The fraction of sp³-hybridized carbons (Fsp3) is 0.368. The smallest absolute Gasteiger partial charge is 0.0342 e. The van der Waals surface area contributed by atoms with Gasteiger partial charge in [-0.2, -0.15) is 0 Å². The Morgan fingerprint density at radius 1 is 0.857 bits per heavy atom. The third-order valence-corrected chi connectivity index (χ3v) is 4.21. The van der Waals surface area contributed by atoms with E-state index in [4.69, 9.17) is 0 Å². The molecule has 21 heavy (non-hydrogen) atoms. The monoisotopic (exact) mass is 280 g/mol. The summed E-state index contributed by atoms with van der Waals surface area (Å²) in [5.74, 6) is 0. The van der Waals surface area contributed by atoms with Gasteiger partial charge in [0.15, 0.2) is 0 Å². The number of benzene rings is 2. The van der Waals surface area contributed by atoms with Crippen LogP contribution in [-0.2, 0) is 6.54 Å². The minimum atomic E-state index is 0.605. The Kier molecular flexibility index (Phi) is 4.90. The van der Waals surface area contributed by atoms with E-state index in [2.05, 4.69) is 70.9 Å². The van der Waals surface area contributed by atoms with Gasteiger partial charge in [-0.3, -0.25) is 4.90 Å². The molecule has 2 aromatic carbocycles. The van der Waals surface area contributed by atoms with E-state index in [0.717, 1.165) is 6.54 Å². The van der Waals surface area contributed by atoms with Crippen LogP contribution >= 0.6 is 0 Å². The van der Waals surface area contributed by atoms with Crippen molar-refractivity contribution in [2.45, 2.75) is 31.8 Å². The number of hydrogen-bond donors (Lipinski definition) is 1. The molecule has 1 aliphatic heterocycles. The first-order chi connectivity index (χ1) is 10.4. The normalized spacial score (nSPS) is 19.9. The molecule has 2 heteroatoms. The maximum absolute atomic E-state index is 3.68. The van der Waals surface area contributed by atoms with Crippen LogP contribution in [0.2, 0.25) is 0 Å². The van der Waals surface area contributed by atoms with E-state index in [-0.39, 0.29) is 0 Å². The molecule has 0 spiro atoms. The van der Waals surface area contributed by atoms with Gasteiger partial charge in [-0.05, 0) is 43.5 Å². The highest BCUT2D eigenvalue weighted by Gasteiger charge is 2.16. The Morgan fingerprint density at radius 2 is 1.57 bits per heavy atom. The second kappa shape index (κ2) is 7.28. The molecule has 0 radical (unpaired) electrons. The lowest BCUT2D eigenvalue weighted by molar-refractivity contribution is 0.276. The highest BCUT2D eigenvalue weighted by atomic mass is 15.1. The molecule has 1 atom stereocenters. The molecule has 0 unspecified atom stereocenters. The van der Waals surface area contributed by atoms with Gasteiger partial charge < -0.3 is 5.32 Å². The van der Waals surface area contributed by atoms with E-state index in [9.17, 15) is 0 Å². The van der Waals surface area contributed by atoms with Crippen LogP contribution < -0.4 is 5.32 Å². The van der Waals surface area contributed by atoms with Crippen molar-refractivity contribution in [1.29, 1.82) is 0 Å². The molecule has 0 aromatic heterocycles. The van der Waals surface area contributed by atoms with Gasteiger partial charge in [-0.1, -0.05) is 48.5 Å². The molecule has 110 valence electrons. The van der Waals surface area contributed by atoms with Gasteiger partial charge in [0.2, 0.25) is 0 Å². The Hall–Kier alpha value is -1.80. The lowest BCUT2D eigenvalue weighted by Gasteiger charge is -2.21. The number of nitrogens with one attached hydrogen (secondary N) is 1. The predicted molar refractivity (Wildman–Crippen MR) is 89.4 cm³/mol. The molecule has 1 N–H and O–H groups in total. The van der Waals surface area contributed by atoms with Crippen LogP contribution in [0.15, 0.2) is 60.7 Å². The zero-order chi connectivity index (χ0) is 14.3. The van der Waals surface area contributed by atoms with Gasteiger partial charge >= 0.3 is 0 Å². The standard InChI is InChI=1S/C19H24N2/c1-3-8-17(9-4-1)16-21-14-7-12-19(13-15-21)20-18-10-5-2-6-11-18/h1-6,8-11,19-20H,7,12-16H2/t19-/m0/s1. The third kappa shape index (κ3) is 4.33. The van der Waals surface area contributed by atoms with Crippen molar-refractivity contribution in [3.05, 3.63) is 66.2 Å². The summed E-state index contributed by atoms with van der Waals surface area (Å²) in [7, 11) is 0. The summed E-state index contributed by atoms with van der Waals surface area (Å²) in [6, 6.07) is 22.0. The van der Waals surface area contributed by atoms with Crippen LogP contribution in [0.3, 0.4) is 0 Å². The van der Waals surface area contributed by atoms with Gasteiger partial charge in [0.25, 0.3) is 0 Å². The number of likely N-dealkylation sites (tertiary alicyclic amines) is 1. The van der Waals surface area contributed by atoms with E-state index in [1.807, 2.05) is 0 Å². The van der Waals surface area contributed by atoms with Crippen LogP contribution in [0.1, 0.15) is 24.8 Å². The largest absolute Gasteiger partial charge is 0.382 e. The Balaban J connectivity index is 1.52. The van der Waals surface area contributed by atoms with Crippen LogP contribution in [0.25, 0.3) is 0 Å². The second-order valence-corrected chi connectivity index (χ2v) is 5.90. The molecule has 1 fully saturated rings. The molecular weight excluding hydrogens is 256 g/mol. The summed E-state index contributed by atoms with van der Waals surface area (Å²) >= 11 is 0. The van der Waals surface area contributed by atoms with Crippen molar-refractivity contribution < 1.29 is 0 Å². The van der Waals surface area contributed by atoms with Crippen molar-refractivity contribution in [3.63, 3.8) is 0 Å². The number of para-hydroxylation sites is 1. The number of hydrogen-bond acceptors (Lipinski definition) is 2. The highest BCUT2D eigenvalue weighted by molar-refractivity contribution is 5.43. The zero-order valence-corrected chi connectivity index (χ0v) is 12.5. The maximum atomic E-state index is 3.68. The minimum Gasteiger partial charge on any atom is -0.382 e. The summed E-state index contributed by atoms with van der Waals surface area (Å²) < 4.78 is 0. The van der Waals surface area contributed by atoms with E-state index in [1.54, 1.807) is 0 Å². The molecule has 1 aliphatic rings. The van der Waals surface area contributed by atoms with E-state index >= 15 is 0 Å². The molecular formula is C19H24N2. The first kappa shape index (κ1) is 14.2. The number of nitrogens with zero attached hydrogens (tertiary/aromatic N) is 1. The minimum absolute atomic E-state index is 0.605. The van der Waals surface area contributed by atoms with E-state index < -0.39 is 0 Å². The van der Waals surface area contributed by atoms with Crippen LogP contribution in [-0.4, -0.2) is 24.0 Å². The van der Waals surface area contributed by atoms with Crippen molar-refractivity contribution in [2.75, 3.05) is 18.4 Å². The zero-order valence-electron chi connectivity index (χ0n) is 12.5. The highest BCUT2D eigenvalue weighted by Crippen LogP contribution is 2.18. The number of anilines is 1. The van der Waals surface area contributed by atoms with Gasteiger partial charge in [-0.25, -0.2) is 0 Å². The summed E-state index contributed by atoms with van der Waals surface area (Å²) in [6.07, 6.45) is 3.76.